The molecule has 2 heterocycles. The zero-order valence-electron chi connectivity index (χ0n) is 14.1. The third-order valence-electron chi connectivity index (χ3n) is 5.25. The van der Waals surface area contributed by atoms with Crippen molar-refractivity contribution in [3.05, 3.63) is 41.9 Å². The second kappa shape index (κ2) is 5.52. The summed E-state index contributed by atoms with van der Waals surface area (Å²) in [5, 5.41) is 0. The van der Waals surface area contributed by atoms with Gasteiger partial charge in [-0.2, -0.15) is 0 Å². The number of aromatic nitrogens is 2. The van der Waals surface area contributed by atoms with Crippen molar-refractivity contribution in [3.63, 3.8) is 0 Å². The molecule has 2 aliphatic rings. The van der Waals surface area contributed by atoms with Gasteiger partial charge in [-0.15, -0.1) is 5.92 Å². The molecular formula is C20H21N3O. The molecule has 122 valence electrons. The average molecular weight is 319 g/mol. The highest BCUT2D eigenvalue weighted by molar-refractivity contribution is 5.74. The summed E-state index contributed by atoms with van der Waals surface area (Å²) < 4.78 is 0. The van der Waals surface area contributed by atoms with Crippen LogP contribution >= 0.6 is 0 Å². The van der Waals surface area contributed by atoms with E-state index < -0.39 is 0 Å². The number of likely N-dealkylation sites (tertiary alicyclic amines) is 1. The number of nitrogens with zero attached hydrogens (tertiary/aromatic N) is 2. The van der Waals surface area contributed by atoms with Gasteiger partial charge in [-0.25, -0.2) is 4.98 Å². The van der Waals surface area contributed by atoms with Gasteiger partial charge in [0.2, 0.25) is 5.91 Å². The predicted molar refractivity (Wildman–Crippen MR) is 93.0 cm³/mol. The smallest absolute Gasteiger partial charge is 0.220 e. The third kappa shape index (κ3) is 2.60. The SMILES string of the molecule is CC#Cc1ccc(-c2cnc([C@@H]3CC4(CC4)CN3C(C)=O)[nH]2)cc1. The fourth-order valence-corrected chi connectivity index (χ4v) is 3.70. The number of aromatic amines is 1. The van der Waals surface area contributed by atoms with Crippen molar-refractivity contribution in [2.24, 2.45) is 5.41 Å². The summed E-state index contributed by atoms with van der Waals surface area (Å²) in [7, 11) is 0. The van der Waals surface area contributed by atoms with Crippen molar-refractivity contribution >= 4 is 5.91 Å². The molecule has 1 aromatic carbocycles. The lowest BCUT2D eigenvalue weighted by molar-refractivity contribution is -0.130. The molecule has 1 aromatic heterocycles. The van der Waals surface area contributed by atoms with Gasteiger partial charge in [-0.1, -0.05) is 18.1 Å². The van der Waals surface area contributed by atoms with Gasteiger partial charge in [-0.3, -0.25) is 4.79 Å². The second-order valence-electron chi connectivity index (χ2n) is 7.00. The Morgan fingerprint density at radius 3 is 2.71 bits per heavy atom. The first-order valence-electron chi connectivity index (χ1n) is 8.46. The maximum atomic E-state index is 12.0. The minimum atomic E-state index is 0.0870. The van der Waals surface area contributed by atoms with E-state index in [2.05, 4.69) is 33.9 Å². The van der Waals surface area contributed by atoms with E-state index in [4.69, 9.17) is 0 Å². The first kappa shape index (κ1) is 15.0. The zero-order chi connectivity index (χ0) is 16.7. The van der Waals surface area contributed by atoms with E-state index in [0.717, 1.165) is 35.6 Å². The van der Waals surface area contributed by atoms with Gasteiger partial charge >= 0.3 is 0 Å². The quantitative estimate of drug-likeness (QED) is 0.861. The monoisotopic (exact) mass is 319 g/mol. The maximum Gasteiger partial charge on any atom is 0.220 e. The molecule has 1 saturated carbocycles. The number of imidazole rings is 1. The molecule has 1 amide bonds. The number of carbonyl (C=O) groups excluding carboxylic acids is 1. The summed E-state index contributed by atoms with van der Waals surface area (Å²) in [4.78, 5) is 22.0. The van der Waals surface area contributed by atoms with Crippen molar-refractivity contribution in [2.45, 2.75) is 39.2 Å². The molecule has 1 N–H and O–H groups in total. The standard InChI is InChI=1S/C20H21N3O/c1-3-4-15-5-7-16(8-6-15)17-12-21-19(22-17)18-11-20(9-10-20)13-23(18)14(2)24/h5-8,12,18H,9-11,13H2,1-2H3,(H,21,22)/t18-/m0/s1. The Balaban J connectivity index is 1.59. The van der Waals surface area contributed by atoms with Gasteiger partial charge in [-0.05, 0) is 49.3 Å². The third-order valence-corrected chi connectivity index (χ3v) is 5.25. The van der Waals surface area contributed by atoms with E-state index in [1.807, 2.05) is 30.2 Å². The molecule has 0 bridgehead atoms. The molecule has 1 spiro atoms. The van der Waals surface area contributed by atoms with Gasteiger partial charge in [0.1, 0.15) is 5.82 Å². The topological polar surface area (TPSA) is 49.0 Å². The van der Waals surface area contributed by atoms with Crippen molar-refractivity contribution in [1.82, 2.24) is 14.9 Å². The number of nitrogens with one attached hydrogen (secondary N) is 1. The molecule has 0 unspecified atom stereocenters. The highest BCUT2D eigenvalue weighted by Crippen LogP contribution is 2.58. The number of amides is 1. The van der Waals surface area contributed by atoms with Crippen molar-refractivity contribution < 1.29 is 4.79 Å². The minimum Gasteiger partial charge on any atom is -0.340 e. The highest BCUT2D eigenvalue weighted by Gasteiger charge is 2.53. The number of benzene rings is 1. The minimum absolute atomic E-state index is 0.0870. The zero-order valence-corrected chi connectivity index (χ0v) is 14.1. The first-order valence-corrected chi connectivity index (χ1v) is 8.46. The van der Waals surface area contributed by atoms with Gasteiger partial charge in [0, 0.05) is 19.0 Å². The Kier molecular flexibility index (Phi) is 3.45. The van der Waals surface area contributed by atoms with Gasteiger partial charge < -0.3 is 9.88 Å². The Labute approximate surface area is 142 Å². The predicted octanol–water partition coefficient (Wildman–Crippen LogP) is 3.52. The Morgan fingerprint density at radius 1 is 1.33 bits per heavy atom. The van der Waals surface area contributed by atoms with E-state index >= 15 is 0 Å². The molecule has 4 heteroatoms. The lowest BCUT2D eigenvalue weighted by atomic mass is 10.0. The first-order chi connectivity index (χ1) is 11.6. The van der Waals surface area contributed by atoms with Gasteiger partial charge in [0.05, 0.1) is 17.9 Å². The normalized spacial score (nSPS) is 20.8. The maximum absolute atomic E-state index is 12.0. The van der Waals surface area contributed by atoms with Gasteiger partial charge in [0.25, 0.3) is 0 Å². The summed E-state index contributed by atoms with van der Waals surface area (Å²) >= 11 is 0. The van der Waals surface area contributed by atoms with Crippen LogP contribution in [0.4, 0.5) is 0 Å². The largest absolute Gasteiger partial charge is 0.340 e. The number of carbonyl (C=O) groups is 1. The molecule has 4 nitrogen and oxygen atoms in total. The molecule has 1 atom stereocenters. The van der Waals surface area contributed by atoms with E-state index in [1.54, 1.807) is 6.92 Å². The van der Waals surface area contributed by atoms with Crippen LogP contribution in [-0.4, -0.2) is 27.3 Å². The van der Waals surface area contributed by atoms with Crippen LogP contribution in [0.5, 0.6) is 0 Å². The average Bonchev–Trinajstić information content (AvgIpc) is 2.98. The number of rotatable bonds is 2. The molecule has 1 aliphatic carbocycles. The second-order valence-corrected chi connectivity index (χ2v) is 7.00. The van der Waals surface area contributed by atoms with Crippen LogP contribution < -0.4 is 0 Å². The molecule has 4 rings (SSSR count). The van der Waals surface area contributed by atoms with Crippen molar-refractivity contribution in [1.29, 1.82) is 0 Å². The number of hydrogen-bond donors (Lipinski definition) is 1. The molecule has 1 saturated heterocycles. The summed E-state index contributed by atoms with van der Waals surface area (Å²) in [5.41, 5.74) is 3.45. The van der Waals surface area contributed by atoms with Crippen LogP contribution in [0.1, 0.15) is 50.5 Å². The van der Waals surface area contributed by atoms with E-state index in [1.165, 1.54) is 12.8 Å². The van der Waals surface area contributed by atoms with Crippen LogP contribution in [0, 0.1) is 17.3 Å². The van der Waals surface area contributed by atoms with Crippen LogP contribution in [-0.2, 0) is 4.79 Å². The van der Waals surface area contributed by atoms with Crippen molar-refractivity contribution in [3.8, 4) is 23.1 Å². The van der Waals surface area contributed by atoms with Gasteiger partial charge in [0.15, 0.2) is 0 Å². The van der Waals surface area contributed by atoms with E-state index in [-0.39, 0.29) is 11.9 Å². The molecular weight excluding hydrogens is 298 g/mol. The highest BCUT2D eigenvalue weighted by atomic mass is 16.2. The Bertz CT molecular complexity index is 834. The van der Waals surface area contributed by atoms with Crippen LogP contribution in [0.15, 0.2) is 30.5 Å². The Hall–Kier alpha value is -2.54. The van der Waals surface area contributed by atoms with Crippen LogP contribution in [0.3, 0.4) is 0 Å². The molecule has 1 aliphatic heterocycles. The van der Waals surface area contributed by atoms with Crippen molar-refractivity contribution in [2.75, 3.05) is 6.54 Å². The Morgan fingerprint density at radius 2 is 2.08 bits per heavy atom. The molecule has 2 aromatic rings. The summed E-state index contributed by atoms with van der Waals surface area (Å²) in [5.74, 6) is 7.00. The lowest BCUT2D eigenvalue weighted by Crippen LogP contribution is -2.29. The van der Waals surface area contributed by atoms with E-state index in [9.17, 15) is 4.79 Å². The fraction of sp³-hybridized carbons (Fsp3) is 0.400. The lowest BCUT2D eigenvalue weighted by Gasteiger charge is -2.21. The summed E-state index contributed by atoms with van der Waals surface area (Å²) in [6, 6.07) is 8.23. The number of H-pyrrole nitrogens is 1. The summed E-state index contributed by atoms with van der Waals surface area (Å²) in [6.07, 6.45) is 5.37. The summed E-state index contributed by atoms with van der Waals surface area (Å²) in [6.45, 7) is 4.38. The van der Waals surface area contributed by atoms with Crippen LogP contribution in [0.2, 0.25) is 0 Å². The fourth-order valence-electron chi connectivity index (χ4n) is 3.70. The molecule has 2 fully saturated rings. The number of hydrogen-bond acceptors (Lipinski definition) is 2. The molecule has 24 heavy (non-hydrogen) atoms. The van der Waals surface area contributed by atoms with Crippen LogP contribution in [0.25, 0.3) is 11.3 Å². The van der Waals surface area contributed by atoms with E-state index in [0.29, 0.717) is 5.41 Å². The molecule has 0 radical (unpaired) electrons.